The predicted molar refractivity (Wildman–Crippen MR) is 72.8 cm³/mol. The standard InChI is InChI=1S/C12H10N2OS2/c1-7-12(15)14-11(16-7)6-10-13-8-4-2-3-5-9(8)17-10/h2-7H,1H3,(H,14,15)/b11-6-/t7-/m1/s1. The number of thioether (sulfide) groups is 1. The highest BCUT2D eigenvalue weighted by atomic mass is 32.2. The van der Waals surface area contributed by atoms with Crippen LogP contribution < -0.4 is 5.32 Å². The van der Waals surface area contributed by atoms with Crippen LogP contribution in [0.15, 0.2) is 29.3 Å². The van der Waals surface area contributed by atoms with Gasteiger partial charge in [0.25, 0.3) is 0 Å². The third-order valence-corrected chi connectivity index (χ3v) is 4.51. The van der Waals surface area contributed by atoms with Gasteiger partial charge in [-0.15, -0.1) is 11.3 Å². The Balaban J connectivity index is 1.95. The Hall–Kier alpha value is -1.33. The van der Waals surface area contributed by atoms with E-state index in [1.54, 1.807) is 23.1 Å². The molecule has 0 aliphatic carbocycles. The smallest absolute Gasteiger partial charge is 0.238 e. The van der Waals surface area contributed by atoms with E-state index in [0.717, 1.165) is 15.6 Å². The average molecular weight is 262 g/mol. The number of aromatic nitrogens is 1. The van der Waals surface area contributed by atoms with Crippen LogP contribution in [0.25, 0.3) is 16.3 Å². The van der Waals surface area contributed by atoms with Crippen LogP contribution in [0.2, 0.25) is 0 Å². The molecule has 1 atom stereocenters. The van der Waals surface area contributed by atoms with E-state index in [-0.39, 0.29) is 11.2 Å². The summed E-state index contributed by atoms with van der Waals surface area (Å²) in [7, 11) is 0. The third kappa shape index (κ3) is 2.08. The molecule has 5 heteroatoms. The molecule has 1 aliphatic rings. The van der Waals surface area contributed by atoms with Gasteiger partial charge in [0.15, 0.2) is 0 Å². The second-order valence-corrected chi connectivity index (χ2v) is 6.22. The third-order valence-electron chi connectivity index (χ3n) is 2.48. The second-order valence-electron chi connectivity index (χ2n) is 3.78. The van der Waals surface area contributed by atoms with Crippen molar-refractivity contribution in [3.05, 3.63) is 34.3 Å². The zero-order valence-electron chi connectivity index (χ0n) is 9.14. The molecule has 0 radical (unpaired) electrons. The topological polar surface area (TPSA) is 42.0 Å². The van der Waals surface area contributed by atoms with Gasteiger partial charge in [0, 0.05) is 6.08 Å². The number of hydrogen-bond acceptors (Lipinski definition) is 4. The van der Waals surface area contributed by atoms with Crippen LogP contribution in [0.5, 0.6) is 0 Å². The van der Waals surface area contributed by atoms with Crippen molar-refractivity contribution in [2.45, 2.75) is 12.2 Å². The van der Waals surface area contributed by atoms with Crippen LogP contribution >= 0.6 is 23.1 Å². The summed E-state index contributed by atoms with van der Waals surface area (Å²) < 4.78 is 1.17. The molecule has 86 valence electrons. The molecule has 0 spiro atoms. The Kier molecular flexibility index (Phi) is 2.64. The Bertz CT molecular complexity index is 585. The summed E-state index contributed by atoms with van der Waals surface area (Å²) >= 11 is 3.18. The maximum atomic E-state index is 11.4. The van der Waals surface area contributed by atoms with E-state index in [1.165, 1.54) is 4.70 Å². The van der Waals surface area contributed by atoms with Crippen LogP contribution in [0, 0.1) is 0 Å². The van der Waals surface area contributed by atoms with E-state index in [2.05, 4.69) is 16.4 Å². The number of benzene rings is 1. The molecule has 1 aliphatic heterocycles. The SMILES string of the molecule is C[C@H]1S/C(=C\c2nc3ccccc3s2)NC1=O. The highest BCUT2D eigenvalue weighted by molar-refractivity contribution is 8.04. The molecule has 0 unspecified atom stereocenters. The molecule has 1 aromatic heterocycles. The molecule has 3 rings (SSSR count). The number of rotatable bonds is 1. The van der Waals surface area contributed by atoms with Crippen molar-refractivity contribution in [1.29, 1.82) is 0 Å². The fourth-order valence-electron chi connectivity index (χ4n) is 1.63. The monoisotopic (exact) mass is 262 g/mol. The normalized spacial score (nSPS) is 22.3. The quantitative estimate of drug-likeness (QED) is 0.859. The summed E-state index contributed by atoms with van der Waals surface area (Å²) in [4.78, 5) is 15.9. The molecular formula is C12H10N2OS2. The number of nitrogens with zero attached hydrogens (tertiary/aromatic N) is 1. The molecule has 0 saturated carbocycles. The molecule has 0 bridgehead atoms. The van der Waals surface area contributed by atoms with E-state index in [9.17, 15) is 4.79 Å². The maximum Gasteiger partial charge on any atom is 0.238 e. The Morgan fingerprint density at radius 3 is 2.94 bits per heavy atom. The van der Waals surface area contributed by atoms with Gasteiger partial charge >= 0.3 is 0 Å². The van der Waals surface area contributed by atoms with Crippen molar-refractivity contribution in [2.24, 2.45) is 0 Å². The van der Waals surface area contributed by atoms with Crippen molar-refractivity contribution in [2.75, 3.05) is 0 Å². The zero-order chi connectivity index (χ0) is 11.8. The number of carbonyl (C=O) groups is 1. The number of amides is 1. The minimum absolute atomic E-state index is 0.00405. The average Bonchev–Trinajstić information content (AvgIpc) is 2.83. The lowest BCUT2D eigenvalue weighted by Crippen LogP contribution is -2.19. The Morgan fingerprint density at radius 1 is 1.41 bits per heavy atom. The minimum Gasteiger partial charge on any atom is -0.320 e. The van der Waals surface area contributed by atoms with Crippen molar-refractivity contribution < 1.29 is 4.79 Å². The minimum atomic E-state index is -0.00405. The fraction of sp³-hybridized carbons (Fsp3) is 0.167. The van der Waals surface area contributed by atoms with Crippen LogP contribution in [-0.4, -0.2) is 16.1 Å². The van der Waals surface area contributed by atoms with Crippen molar-refractivity contribution >= 4 is 45.3 Å². The lowest BCUT2D eigenvalue weighted by Gasteiger charge is -1.92. The van der Waals surface area contributed by atoms with E-state index in [1.807, 2.05) is 31.2 Å². The van der Waals surface area contributed by atoms with Crippen molar-refractivity contribution in [3.63, 3.8) is 0 Å². The summed E-state index contributed by atoms with van der Waals surface area (Å²) in [6.45, 7) is 1.90. The van der Waals surface area contributed by atoms with Gasteiger partial charge in [0.05, 0.1) is 20.5 Å². The van der Waals surface area contributed by atoms with Gasteiger partial charge in [-0.25, -0.2) is 4.98 Å². The van der Waals surface area contributed by atoms with E-state index in [0.29, 0.717) is 0 Å². The zero-order valence-corrected chi connectivity index (χ0v) is 10.8. The van der Waals surface area contributed by atoms with Crippen LogP contribution in [-0.2, 0) is 4.79 Å². The fourth-order valence-corrected chi connectivity index (χ4v) is 3.50. The molecule has 1 amide bonds. The van der Waals surface area contributed by atoms with Crippen LogP contribution in [0.1, 0.15) is 11.9 Å². The summed E-state index contributed by atoms with van der Waals surface area (Å²) in [5.74, 6) is 0.0716. The number of fused-ring (bicyclic) bond motifs is 1. The number of para-hydroxylation sites is 1. The summed E-state index contributed by atoms with van der Waals surface area (Å²) in [6.07, 6.45) is 1.94. The molecule has 1 aromatic carbocycles. The van der Waals surface area contributed by atoms with Gasteiger partial charge in [-0.3, -0.25) is 4.79 Å². The highest BCUT2D eigenvalue weighted by Crippen LogP contribution is 2.30. The van der Waals surface area contributed by atoms with Gasteiger partial charge in [-0.05, 0) is 19.1 Å². The van der Waals surface area contributed by atoms with Crippen LogP contribution in [0.4, 0.5) is 0 Å². The lowest BCUT2D eigenvalue weighted by atomic mass is 10.3. The number of hydrogen-bond donors (Lipinski definition) is 1. The highest BCUT2D eigenvalue weighted by Gasteiger charge is 2.24. The Morgan fingerprint density at radius 2 is 2.24 bits per heavy atom. The molecule has 1 fully saturated rings. The van der Waals surface area contributed by atoms with Gasteiger partial charge in [0.1, 0.15) is 5.01 Å². The van der Waals surface area contributed by atoms with Gasteiger partial charge in [-0.1, -0.05) is 23.9 Å². The second kappa shape index (κ2) is 4.16. The van der Waals surface area contributed by atoms with Gasteiger partial charge in [-0.2, -0.15) is 0 Å². The summed E-state index contributed by atoms with van der Waals surface area (Å²) in [5.41, 5.74) is 1.01. The van der Waals surface area contributed by atoms with Gasteiger partial charge < -0.3 is 5.32 Å². The van der Waals surface area contributed by atoms with Crippen molar-refractivity contribution in [1.82, 2.24) is 10.3 Å². The van der Waals surface area contributed by atoms with E-state index < -0.39 is 0 Å². The largest absolute Gasteiger partial charge is 0.320 e. The molecule has 17 heavy (non-hydrogen) atoms. The number of carbonyl (C=O) groups excluding carboxylic acids is 1. The van der Waals surface area contributed by atoms with Gasteiger partial charge in [0.2, 0.25) is 5.91 Å². The number of nitrogens with one attached hydrogen (secondary N) is 1. The van der Waals surface area contributed by atoms with Crippen LogP contribution in [0.3, 0.4) is 0 Å². The first kappa shape index (κ1) is 10.8. The first-order valence-corrected chi connectivity index (χ1v) is 6.97. The Labute approximate surface area is 107 Å². The first-order chi connectivity index (χ1) is 8.22. The molecule has 1 saturated heterocycles. The van der Waals surface area contributed by atoms with E-state index >= 15 is 0 Å². The predicted octanol–water partition coefficient (Wildman–Crippen LogP) is 2.85. The molecule has 1 N–H and O–H groups in total. The summed E-state index contributed by atoms with van der Waals surface area (Å²) in [6, 6.07) is 8.04. The van der Waals surface area contributed by atoms with E-state index in [4.69, 9.17) is 0 Å². The molecule has 3 nitrogen and oxygen atoms in total. The molecule has 2 aromatic rings. The first-order valence-electron chi connectivity index (χ1n) is 5.27. The lowest BCUT2D eigenvalue weighted by molar-refractivity contribution is -0.118. The van der Waals surface area contributed by atoms with Crippen molar-refractivity contribution in [3.8, 4) is 0 Å². The number of thiazole rings is 1. The maximum absolute atomic E-state index is 11.4. The molecular weight excluding hydrogens is 252 g/mol. The molecule has 2 heterocycles. The summed E-state index contributed by atoms with van der Waals surface area (Å²) in [5, 5.41) is 4.67.